The number of aromatic nitrogens is 2. The van der Waals surface area contributed by atoms with E-state index in [-0.39, 0.29) is 38.3 Å². The highest BCUT2D eigenvalue weighted by atomic mass is 32.2. The molecule has 3 aromatic rings. The van der Waals surface area contributed by atoms with Gasteiger partial charge in [-0.2, -0.15) is 0 Å². The van der Waals surface area contributed by atoms with Crippen molar-refractivity contribution in [1.29, 1.82) is 0 Å². The van der Waals surface area contributed by atoms with Crippen molar-refractivity contribution in [2.24, 2.45) is 22.2 Å². The molecule has 3 heterocycles. The van der Waals surface area contributed by atoms with Crippen LogP contribution in [0.1, 0.15) is 78.7 Å². The molecule has 298 valence electrons. The van der Waals surface area contributed by atoms with Gasteiger partial charge in [0, 0.05) is 18.4 Å². The van der Waals surface area contributed by atoms with Crippen LogP contribution in [0.25, 0.3) is 22.3 Å². The summed E-state index contributed by atoms with van der Waals surface area (Å²) in [4.78, 5) is 67.6. The van der Waals surface area contributed by atoms with Crippen molar-refractivity contribution in [2.45, 2.75) is 103 Å². The second kappa shape index (κ2) is 14.6. The zero-order chi connectivity index (χ0) is 40.2. The molecule has 2 aliphatic heterocycles. The maximum atomic E-state index is 14.7. The summed E-state index contributed by atoms with van der Waals surface area (Å²) in [5.74, 6) is -1.84. The van der Waals surface area contributed by atoms with Crippen LogP contribution in [0.5, 0.6) is 5.88 Å². The van der Waals surface area contributed by atoms with Crippen LogP contribution in [0.3, 0.4) is 0 Å². The summed E-state index contributed by atoms with van der Waals surface area (Å²) in [5.41, 5.74) is 1.12. The summed E-state index contributed by atoms with van der Waals surface area (Å²) in [6.45, 7) is 13.4. The van der Waals surface area contributed by atoms with Crippen LogP contribution < -0.4 is 14.8 Å². The summed E-state index contributed by atoms with van der Waals surface area (Å²) in [7, 11) is -3.87. The van der Waals surface area contributed by atoms with Gasteiger partial charge in [0.05, 0.1) is 40.9 Å². The molecule has 3 amide bonds. The lowest BCUT2D eigenvalue weighted by atomic mass is 9.85. The number of ketones is 1. The Morgan fingerprint density at radius 3 is 2.45 bits per heavy atom. The normalized spacial score (nSPS) is 26.8. The molecule has 13 nitrogen and oxygen atoms in total. The average molecular weight is 786 g/mol. The average Bonchev–Trinajstić information content (AvgIpc) is 4.08. The van der Waals surface area contributed by atoms with Gasteiger partial charge >= 0.3 is 6.09 Å². The van der Waals surface area contributed by atoms with Gasteiger partial charge in [-0.3, -0.25) is 19.1 Å². The Hall–Kier alpha value is -4.85. The minimum atomic E-state index is -3.87. The van der Waals surface area contributed by atoms with Crippen LogP contribution in [0, 0.1) is 22.2 Å². The van der Waals surface area contributed by atoms with Gasteiger partial charge in [-0.15, -0.1) is 6.58 Å². The standard InChI is InChI=1S/C42H51N5O8S/c1-7-27-21-42(27,38(50)46-56(52,53)29-15-16-29)22-33(48)32-20-28-23-47(32)37(49)35(40(2,3)4)45-39(51)54-24-41(5,6)18-17-25-11-10-12-26(19-25)34-36(55-28)44-31-14-9-8-13-30(31)43-34/h7-14,19,27-29,32,35H,1,15-18,20-24H2,2-6H3,(H,45,51)(H,46,50)/t27-,28-,32+,35-,42-/m1/s1. The number of carbonyl (C=O) groups excluding carboxylic acids is 4. The molecular weight excluding hydrogens is 735 g/mol. The molecule has 5 atom stereocenters. The molecule has 3 fully saturated rings. The smallest absolute Gasteiger partial charge is 0.407 e. The van der Waals surface area contributed by atoms with E-state index in [0.29, 0.717) is 42.4 Å². The predicted molar refractivity (Wildman–Crippen MR) is 210 cm³/mol. The van der Waals surface area contributed by atoms with Crippen molar-refractivity contribution in [3.8, 4) is 17.1 Å². The third kappa shape index (κ3) is 8.16. The number of aryl methyl sites for hydroxylation is 1. The first-order valence-electron chi connectivity index (χ1n) is 19.4. The number of nitrogens with zero attached hydrogens (tertiary/aromatic N) is 3. The number of allylic oxidation sites excluding steroid dienone is 1. The molecule has 56 heavy (non-hydrogen) atoms. The van der Waals surface area contributed by atoms with Gasteiger partial charge < -0.3 is 19.7 Å². The number of nitrogens with one attached hydrogen (secondary N) is 2. The van der Waals surface area contributed by atoms with Crippen LogP contribution in [0.2, 0.25) is 0 Å². The van der Waals surface area contributed by atoms with Crippen LogP contribution in [0.4, 0.5) is 4.79 Å². The topological polar surface area (TPSA) is 174 Å². The fourth-order valence-electron chi connectivity index (χ4n) is 7.82. The number of cyclic esters (lactones) is 1. The van der Waals surface area contributed by atoms with E-state index in [0.717, 1.165) is 11.1 Å². The number of carbonyl (C=O) groups is 4. The first-order valence-corrected chi connectivity index (χ1v) is 20.9. The first-order chi connectivity index (χ1) is 26.4. The molecule has 1 saturated heterocycles. The Morgan fingerprint density at radius 1 is 1.07 bits per heavy atom. The SMILES string of the molecule is C=C[C@@H]1C[C@]1(CC(=O)[C@@H]1C[C@@H]2CN1C(=O)[C@H](C(C)(C)C)NC(=O)OCC(C)(C)CCc1cccc(c1)-c1nc3ccccc3nc1O2)C(=O)NS(=O)(=O)C1CC1. The molecule has 4 bridgehead atoms. The largest absolute Gasteiger partial charge is 0.471 e. The number of amides is 3. The highest BCUT2D eigenvalue weighted by Gasteiger charge is 2.61. The van der Waals surface area contributed by atoms with E-state index < -0.39 is 79.3 Å². The summed E-state index contributed by atoms with van der Waals surface area (Å²) in [6.07, 6.45) is 2.44. The number of fused-ring (bicyclic) bond motifs is 7. The lowest BCUT2D eigenvalue weighted by Crippen LogP contribution is -2.57. The Bertz CT molecular complexity index is 2200. The number of rotatable bonds is 7. The minimum Gasteiger partial charge on any atom is -0.471 e. The molecule has 0 unspecified atom stereocenters. The number of hydrogen-bond donors (Lipinski definition) is 2. The number of sulfonamides is 1. The quantitative estimate of drug-likeness (QED) is 0.291. The van der Waals surface area contributed by atoms with Gasteiger partial charge in [-0.05, 0) is 72.6 Å². The Morgan fingerprint density at radius 2 is 1.79 bits per heavy atom. The maximum absolute atomic E-state index is 14.7. The summed E-state index contributed by atoms with van der Waals surface area (Å²) in [6, 6.07) is 13.3. The van der Waals surface area contributed by atoms with E-state index in [1.54, 1.807) is 6.08 Å². The van der Waals surface area contributed by atoms with E-state index in [4.69, 9.17) is 19.4 Å². The predicted octanol–water partition coefficient (Wildman–Crippen LogP) is 5.52. The fraction of sp³-hybridized carbons (Fsp3) is 0.524. The molecular formula is C42H51N5O8S. The molecule has 0 spiro atoms. The lowest BCUT2D eigenvalue weighted by molar-refractivity contribution is -0.142. The summed E-state index contributed by atoms with van der Waals surface area (Å²) >= 11 is 0. The van der Waals surface area contributed by atoms with Crippen molar-refractivity contribution in [3.63, 3.8) is 0 Å². The number of benzene rings is 2. The van der Waals surface area contributed by atoms with Crippen molar-refractivity contribution in [2.75, 3.05) is 13.2 Å². The molecule has 2 saturated carbocycles. The van der Waals surface area contributed by atoms with Crippen LogP contribution in [-0.2, 0) is 35.6 Å². The molecule has 14 heteroatoms. The summed E-state index contributed by atoms with van der Waals surface area (Å²) < 4.78 is 40.2. The Labute approximate surface area is 328 Å². The van der Waals surface area contributed by atoms with E-state index in [9.17, 15) is 27.6 Å². The van der Waals surface area contributed by atoms with E-state index in [1.165, 1.54) is 4.90 Å². The number of alkyl carbamates (subject to hydrolysis) is 1. The Balaban J connectivity index is 1.27. The molecule has 1 aromatic heterocycles. The molecule has 4 aliphatic rings. The minimum absolute atomic E-state index is 0.0281. The first kappa shape index (κ1) is 39.4. The molecule has 7 rings (SSSR count). The molecule has 2 aromatic carbocycles. The highest BCUT2D eigenvalue weighted by Crippen LogP contribution is 2.57. The van der Waals surface area contributed by atoms with E-state index in [1.807, 2.05) is 83.1 Å². The maximum Gasteiger partial charge on any atom is 0.407 e. The van der Waals surface area contributed by atoms with Gasteiger partial charge in [-0.1, -0.05) is 71.0 Å². The van der Waals surface area contributed by atoms with Crippen molar-refractivity contribution in [3.05, 3.63) is 66.7 Å². The lowest BCUT2D eigenvalue weighted by Gasteiger charge is -2.35. The number of para-hydroxylation sites is 2. The molecule has 0 radical (unpaired) electrons. The van der Waals surface area contributed by atoms with E-state index >= 15 is 0 Å². The van der Waals surface area contributed by atoms with Crippen LogP contribution >= 0.6 is 0 Å². The third-order valence-corrected chi connectivity index (χ3v) is 13.4. The van der Waals surface area contributed by atoms with Gasteiger partial charge in [-0.25, -0.2) is 23.2 Å². The Kier molecular flexibility index (Phi) is 10.3. The van der Waals surface area contributed by atoms with E-state index in [2.05, 4.69) is 16.6 Å². The van der Waals surface area contributed by atoms with Gasteiger partial charge in [0.25, 0.3) is 0 Å². The zero-order valence-corrected chi connectivity index (χ0v) is 33.5. The van der Waals surface area contributed by atoms with Crippen LogP contribution in [0.15, 0.2) is 61.2 Å². The van der Waals surface area contributed by atoms with Crippen molar-refractivity contribution >= 4 is 44.7 Å². The monoisotopic (exact) mass is 785 g/mol. The highest BCUT2D eigenvalue weighted by molar-refractivity contribution is 7.90. The van der Waals surface area contributed by atoms with Gasteiger partial charge in [0.2, 0.25) is 27.7 Å². The van der Waals surface area contributed by atoms with Crippen molar-refractivity contribution < 1.29 is 37.1 Å². The number of Topliss-reactive ketones (excluding diaryl/α,β-unsaturated/α-hetero) is 1. The van der Waals surface area contributed by atoms with Crippen LogP contribution in [-0.4, -0.2) is 83.6 Å². The molecule has 2 N–H and O–H groups in total. The number of ether oxygens (including phenoxy) is 2. The van der Waals surface area contributed by atoms with Crippen molar-refractivity contribution in [1.82, 2.24) is 24.9 Å². The number of hydrogen-bond acceptors (Lipinski definition) is 10. The zero-order valence-electron chi connectivity index (χ0n) is 32.7. The second-order valence-corrected chi connectivity index (χ2v) is 19.7. The fourth-order valence-corrected chi connectivity index (χ4v) is 9.20. The van der Waals surface area contributed by atoms with Gasteiger partial charge in [0.15, 0.2) is 5.78 Å². The third-order valence-electron chi connectivity index (χ3n) is 11.6. The van der Waals surface area contributed by atoms with Gasteiger partial charge in [0.1, 0.15) is 17.8 Å². The second-order valence-electron chi connectivity index (χ2n) is 17.8. The summed E-state index contributed by atoms with van der Waals surface area (Å²) in [5, 5.41) is 2.18. The molecule has 2 aliphatic carbocycles.